The van der Waals surface area contributed by atoms with Gasteiger partial charge in [-0.3, -0.25) is 14.8 Å². The summed E-state index contributed by atoms with van der Waals surface area (Å²) in [6, 6.07) is 10.8. The van der Waals surface area contributed by atoms with Gasteiger partial charge in [0.25, 0.3) is 0 Å². The van der Waals surface area contributed by atoms with Gasteiger partial charge in [-0.25, -0.2) is 4.79 Å². The van der Waals surface area contributed by atoms with Gasteiger partial charge >= 0.3 is 12.1 Å². The number of nitrogens with zero attached hydrogens (tertiary/aromatic N) is 2. The first-order valence-corrected chi connectivity index (χ1v) is 6.50. The van der Waals surface area contributed by atoms with E-state index in [1.165, 1.54) is 10.8 Å². The number of aliphatic carboxylic acids is 1. The Balaban J connectivity index is 2.26. The highest BCUT2D eigenvalue weighted by Crippen LogP contribution is 2.22. The Hall–Kier alpha value is -3.09. The Labute approximate surface area is 126 Å². The average molecular weight is 301 g/mol. The maximum Gasteiger partial charge on any atom is 0.413 e. The van der Waals surface area contributed by atoms with Gasteiger partial charge in [0.2, 0.25) is 0 Å². The van der Waals surface area contributed by atoms with Gasteiger partial charge in [-0.1, -0.05) is 43.0 Å². The highest BCUT2D eigenvalue weighted by atomic mass is 16.5. The molecule has 0 saturated heterocycles. The van der Waals surface area contributed by atoms with E-state index in [4.69, 9.17) is 9.84 Å². The fourth-order valence-corrected chi connectivity index (χ4v) is 1.84. The number of carboxylic acid groups (broad SMARTS) is 1. The molecule has 1 amide bonds. The summed E-state index contributed by atoms with van der Waals surface area (Å²) in [5, 5.41) is 15.5. The van der Waals surface area contributed by atoms with Crippen molar-refractivity contribution in [2.24, 2.45) is 0 Å². The lowest BCUT2D eigenvalue weighted by Gasteiger charge is -2.04. The van der Waals surface area contributed by atoms with Crippen LogP contribution in [0.3, 0.4) is 0 Å². The molecule has 7 nitrogen and oxygen atoms in total. The van der Waals surface area contributed by atoms with E-state index in [1.54, 1.807) is 6.07 Å². The number of benzene rings is 1. The molecule has 0 aliphatic carbocycles. The molecular weight excluding hydrogens is 286 g/mol. The molecule has 0 fully saturated rings. The van der Waals surface area contributed by atoms with Gasteiger partial charge in [-0.15, -0.1) is 0 Å². The third-order valence-electron chi connectivity index (χ3n) is 2.70. The second-order valence-corrected chi connectivity index (χ2v) is 4.34. The molecule has 0 bridgehead atoms. The SMILES string of the molecule is C=CCOC(=O)Nc1cc(-c2ccccc2)n(CC(=O)O)n1. The molecule has 1 aromatic carbocycles. The van der Waals surface area contributed by atoms with Crippen molar-refractivity contribution in [3.63, 3.8) is 0 Å². The minimum absolute atomic E-state index is 0.0766. The molecule has 0 aliphatic heterocycles. The van der Waals surface area contributed by atoms with Crippen LogP contribution in [0.2, 0.25) is 0 Å². The first kappa shape index (κ1) is 15.3. The Bertz CT molecular complexity index is 679. The lowest BCUT2D eigenvalue weighted by Crippen LogP contribution is -2.15. The van der Waals surface area contributed by atoms with Crippen LogP contribution in [0.25, 0.3) is 11.3 Å². The van der Waals surface area contributed by atoms with E-state index in [2.05, 4.69) is 17.0 Å². The number of hydrogen-bond donors (Lipinski definition) is 2. The Kier molecular flexibility index (Phi) is 4.92. The van der Waals surface area contributed by atoms with Crippen molar-refractivity contribution in [1.29, 1.82) is 0 Å². The summed E-state index contributed by atoms with van der Waals surface area (Å²) in [4.78, 5) is 22.4. The number of aromatic nitrogens is 2. The lowest BCUT2D eigenvalue weighted by molar-refractivity contribution is -0.137. The first-order chi connectivity index (χ1) is 10.6. The van der Waals surface area contributed by atoms with E-state index in [0.717, 1.165) is 5.56 Å². The molecule has 2 N–H and O–H groups in total. The number of carbonyl (C=O) groups is 2. The van der Waals surface area contributed by atoms with Gasteiger partial charge in [0, 0.05) is 6.07 Å². The van der Waals surface area contributed by atoms with E-state index < -0.39 is 12.1 Å². The summed E-state index contributed by atoms with van der Waals surface area (Å²) in [5.74, 6) is -0.810. The van der Waals surface area contributed by atoms with Crippen LogP contribution in [-0.4, -0.2) is 33.6 Å². The lowest BCUT2D eigenvalue weighted by atomic mass is 10.1. The zero-order valence-electron chi connectivity index (χ0n) is 11.7. The van der Waals surface area contributed by atoms with Gasteiger partial charge in [0.05, 0.1) is 5.69 Å². The van der Waals surface area contributed by atoms with E-state index in [1.807, 2.05) is 30.3 Å². The predicted octanol–water partition coefficient (Wildman–Crippen LogP) is 2.37. The van der Waals surface area contributed by atoms with E-state index in [-0.39, 0.29) is 19.0 Å². The minimum Gasteiger partial charge on any atom is -0.480 e. The molecule has 2 aromatic rings. The molecule has 0 unspecified atom stereocenters. The second-order valence-electron chi connectivity index (χ2n) is 4.34. The van der Waals surface area contributed by atoms with Crippen molar-refractivity contribution in [2.45, 2.75) is 6.54 Å². The van der Waals surface area contributed by atoms with Crippen molar-refractivity contribution in [2.75, 3.05) is 11.9 Å². The topological polar surface area (TPSA) is 93.5 Å². The van der Waals surface area contributed by atoms with Crippen molar-refractivity contribution in [3.05, 3.63) is 49.1 Å². The maximum absolute atomic E-state index is 11.5. The number of hydrogen-bond acceptors (Lipinski definition) is 4. The number of carboxylic acids is 1. The number of ether oxygens (including phenoxy) is 1. The molecule has 22 heavy (non-hydrogen) atoms. The molecule has 0 radical (unpaired) electrons. The van der Waals surface area contributed by atoms with Crippen molar-refractivity contribution >= 4 is 17.9 Å². The summed E-state index contributed by atoms with van der Waals surface area (Å²) < 4.78 is 6.10. The third-order valence-corrected chi connectivity index (χ3v) is 2.70. The quantitative estimate of drug-likeness (QED) is 0.799. The third kappa shape index (κ3) is 3.95. The molecule has 0 aliphatic rings. The number of amides is 1. The monoisotopic (exact) mass is 301 g/mol. The van der Waals surface area contributed by atoms with Gasteiger partial charge in [-0.05, 0) is 5.56 Å². The second kappa shape index (κ2) is 7.07. The molecule has 2 rings (SSSR count). The van der Waals surface area contributed by atoms with Crippen LogP contribution in [0.4, 0.5) is 10.6 Å². The maximum atomic E-state index is 11.5. The molecule has 0 saturated carbocycles. The largest absolute Gasteiger partial charge is 0.480 e. The molecule has 7 heteroatoms. The van der Waals surface area contributed by atoms with E-state index >= 15 is 0 Å². The summed E-state index contributed by atoms with van der Waals surface area (Å²) >= 11 is 0. The smallest absolute Gasteiger partial charge is 0.413 e. The van der Waals surface area contributed by atoms with Crippen molar-refractivity contribution in [3.8, 4) is 11.3 Å². The average Bonchev–Trinajstić information content (AvgIpc) is 2.87. The van der Waals surface area contributed by atoms with Crippen LogP contribution in [0, 0.1) is 0 Å². The number of rotatable bonds is 6. The van der Waals surface area contributed by atoms with Crippen LogP contribution < -0.4 is 5.32 Å². The van der Waals surface area contributed by atoms with Gasteiger partial charge in [0.1, 0.15) is 13.2 Å². The zero-order chi connectivity index (χ0) is 15.9. The molecule has 114 valence electrons. The first-order valence-electron chi connectivity index (χ1n) is 6.50. The van der Waals surface area contributed by atoms with Gasteiger partial charge in [-0.2, -0.15) is 5.10 Å². The number of anilines is 1. The Morgan fingerprint density at radius 2 is 2.09 bits per heavy atom. The minimum atomic E-state index is -1.03. The standard InChI is InChI=1S/C15H15N3O4/c1-2-8-22-15(21)16-13-9-12(11-6-4-3-5-7-11)18(17-13)10-14(19)20/h2-7,9H,1,8,10H2,(H,19,20)(H,16,17,21). The predicted molar refractivity (Wildman–Crippen MR) is 80.5 cm³/mol. The molecular formula is C15H15N3O4. The van der Waals surface area contributed by atoms with Crippen LogP contribution in [-0.2, 0) is 16.1 Å². The summed E-state index contributed by atoms with van der Waals surface area (Å²) in [5.41, 5.74) is 1.38. The van der Waals surface area contributed by atoms with Crippen LogP contribution >= 0.6 is 0 Å². The van der Waals surface area contributed by atoms with Crippen LogP contribution in [0.5, 0.6) is 0 Å². The van der Waals surface area contributed by atoms with E-state index in [9.17, 15) is 9.59 Å². The summed E-state index contributed by atoms with van der Waals surface area (Å²) in [6.45, 7) is 3.20. The van der Waals surface area contributed by atoms with E-state index in [0.29, 0.717) is 5.69 Å². The molecule has 1 heterocycles. The van der Waals surface area contributed by atoms with Crippen LogP contribution in [0.15, 0.2) is 49.1 Å². The molecule has 0 spiro atoms. The fourth-order valence-electron chi connectivity index (χ4n) is 1.84. The fraction of sp³-hybridized carbons (Fsp3) is 0.133. The molecule has 0 atom stereocenters. The number of nitrogens with one attached hydrogen (secondary N) is 1. The van der Waals surface area contributed by atoms with Crippen LogP contribution in [0.1, 0.15) is 0 Å². The number of carbonyl (C=O) groups excluding carboxylic acids is 1. The Morgan fingerprint density at radius 3 is 2.73 bits per heavy atom. The molecule has 1 aromatic heterocycles. The van der Waals surface area contributed by atoms with Gasteiger partial charge in [0.15, 0.2) is 5.82 Å². The Morgan fingerprint density at radius 1 is 1.36 bits per heavy atom. The highest BCUT2D eigenvalue weighted by molar-refractivity contribution is 5.84. The van der Waals surface area contributed by atoms with Gasteiger partial charge < -0.3 is 9.84 Å². The highest BCUT2D eigenvalue weighted by Gasteiger charge is 2.14. The summed E-state index contributed by atoms with van der Waals surface area (Å²) in [7, 11) is 0. The normalized spacial score (nSPS) is 10.0. The van der Waals surface area contributed by atoms with Crippen molar-refractivity contribution in [1.82, 2.24) is 9.78 Å². The zero-order valence-corrected chi connectivity index (χ0v) is 11.7. The van der Waals surface area contributed by atoms with Crippen molar-refractivity contribution < 1.29 is 19.4 Å². The summed E-state index contributed by atoms with van der Waals surface area (Å²) in [6.07, 6.45) is 0.761.